The number of rotatable bonds is 3. The largest absolute Gasteiger partial charge is 0.326 e. The van der Waals surface area contributed by atoms with Gasteiger partial charge in [0.1, 0.15) is 0 Å². The fraction of sp³-hybridized carbons (Fsp3) is 0.467. The van der Waals surface area contributed by atoms with Gasteiger partial charge in [-0.25, -0.2) is 17.7 Å². The maximum atomic E-state index is 12.4. The number of carbonyl (C=O) groups excluding carboxylic acids is 1. The summed E-state index contributed by atoms with van der Waals surface area (Å²) in [6, 6.07) is 5.65. The summed E-state index contributed by atoms with van der Waals surface area (Å²) in [5.74, 6) is -0.448. The van der Waals surface area contributed by atoms with Crippen LogP contribution in [-0.4, -0.2) is 43.0 Å². The number of hydrogen-bond acceptors (Lipinski definition) is 5. The van der Waals surface area contributed by atoms with E-state index in [1.807, 2.05) is 25.1 Å². The number of thiazole rings is 1. The van der Waals surface area contributed by atoms with Crippen molar-refractivity contribution in [3.63, 3.8) is 0 Å². The molecule has 1 N–H and O–H groups in total. The number of sulfonamides is 1. The molecule has 0 unspecified atom stereocenters. The van der Waals surface area contributed by atoms with Gasteiger partial charge in [0.25, 0.3) is 0 Å². The summed E-state index contributed by atoms with van der Waals surface area (Å²) in [6.07, 6.45) is 2.59. The first-order valence-corrected chi connectivity index (χ1v) is 10.1. The number of hydrogen-bond donors (Lipinski definition) is 1. The minimum Gasteiger partial charge on any atom is -0.326 e. The highest BCUT2D eigenvalue weighted by atomic mass is 32.2. The Balaban J connectivity index is 1.72. The number of nitrogens with zero attached hydrogens (tertiary/aromatic N) is 2. The molecule has 1 aliphatic rings. The molecule has 1 aromatic heterocycles. The summed E-state index contributed by atoms with van der Waals surface area (Å²) >= 11 is 1.61. The third-order valence-corrected chi connectivity index (χ3v) is 6.21. The van der Waals surface area contributed by atoms with Crippen molar-refractivity contribution in [3.8, 4) is 0 Å². The lowest BCUT2D eigenvalue weighted by Crippen LogP contribution is -2.43. The van der Waals surface area contributed by atoms with Crippen molar-refractivity contribution in [2.75, 3.05) is 24.7 Å². The molecule has 3 rings (SSSR count). The lowest BCUT2D eigenvalue weighted by Gasteiger charge is -2.30. The minimum absolute atomic E-state index is 0.135. The molecule has 1 atom stereocenters. The standard InChI is InChI=1S/C15H19N3O3S2/c1-10-16-13-8-12(5-6-14(13)22-10)17-15(19)11-4-3-7-18(9-11)23(2,20)21/h5-6,8,11H,3-4,7,9H2,1-2H3,(H,17,19)/t11-/m0/s1. The monoisotopic (exact) mass is 353 g/mol. The summed E-state index contributed by atoms with van der Waals surface area (Å²) in [6.45, 7) is 2.69. The fourth-order valence-electron chi connectivity index (χ4n) is 2.82. The third kappa shape index (κ3) is 3.70. The highest BCUT2D eigenvalue weighted by Gasteiger charge is 2.30. The molecule has 1 saturated heterocycles. The summed E-state index contributed by atoms with van der Waals surface area (Å²) < 4.78 is 25.8. The Morgan fingerprint density at radius 1 is 1.43 bits per heavy atom. The second-order valence-corrected chi connectivity index (χ2v) is 9.08. The van der Waals surface area contributed by atoms with Crippen LogP contribution in [0.25, 0.3) is 10.2 Å². The molecule has 1 aliphatic heterocycles. The van der Waals surface area contributed by atoms with Crippen molar-refractivity contribution >= 4 is 43.2 Å². The van der Waals surface area contributed by atoms with Gasteiger partial charge in [-0.2, -0.15) is 0 Å². The highest BCUT2D eigenvalue weighted by molar-refractivity contribution is 7.88. The van der Waals surface area contributed by atoms with E-state index >= 15 is 0 Å². The van der Waals surface area contributed by atoms with Gasteiger partial charge in [-0.05, 0) is 38.0 Å². The van der Waals surface area contributed by atoms with Gasteiger partial charge in [0, 0.05) is 18.8 Å². The lowest BCUT2D eigenvalue weighted by molar-refractivity contribution is -0.120. The molecular formula is C15H19N3O3S2. The molecule has 0 spiro atoms. The van der Waals surface area contributed by atoms with E-state index in [1.54, 1.807) is 11.3 Å². The Morgan fingerprint density at radius 3 is 2.96 bits per heavy atom. The van der Waals surface area contributed by atoms with Gasteiger partial charge in [-0.1, -0.05) is 0 Å². The van der Waals surface area contributed by atoms with Crippen LogP contribution < -0.4 is 5.32 Å². The number of anilines is 1. The Labute approximate surface area is 139 Å². The number of aryl methyl sites for hydroxylation is 1. The van der Waals surface area contributed by atoms with E-state index in [0.29, 0.717) is 25.1 Å². The maximum absolute atomic E-state index is 12.4. The smallest absolute Gasteiger partial charge is 0.228 e. The normalized spacial score (nSPS) is 19.8. The predicted molar refractivity (Wildman–Crippen MR) is 92.1 cm³/mol. The molecule has 6 nitrogen and oxygen atoms in total. The van der Waals surface area contributed by atoms with E-state index in [4.69, 9.17) is 0 Å². The zero-order valence-electron chi connectivity index (χ0n) is 13.1. The number of benzene rings is 1. The van der Waals surface area contributed by atoms with Gasteiger partial charge in [-0.3, -0.25) is 4.79 Å². The molecule has 0 bridgehead atoms. The Hall–Kier alpha value is -1.51. The van der Waals surface area contributed by atoms with Crippen LogP contribution in [-0.2, 0) is 14.8 Å². The van der Waals surface area contributed by atoms with Crippen LogP contribution in [0.1, 0.15) is 17.8 Å². The molecule has 23 heavy (non-hydrogen) atoms. The summed E-state index contributed by atoms with van der Waals surface area (Å²) in [4.78, 5) is 16.8. The van der Waals surface area contributed by atoms with Crippen molar-refractivity contribution in [3.05, 3.63) is 23.2 Å². The molecule has 1 aromatic carbocycles. The van der Waals surface area contributed by atoms with Gasteiger partial charge in [-0.15, -0.1) is 11.3 Å². The predicted octanol–water partition coefficient (Wildman–Crippen LogP) is 2.21. The van der Waals surface area contributed by atoms with Gasteiger partial charge in [0.2, 0.25) is 15.9 Å². The van der Waals surface area contributed by atoms with Crippen molar-refractivity contribution in [2.45, 2.75) is 19.8 Å². The van der Waals surface area contributed by atoms with Crippen LogP contribution in [0.4, 0.5) is 5.69 Å². The molecule has 0 saturated carbocycles. The highest BCUT2D eigenvalue weighted by Crippen LogP contribution is 2.25. The van der Waals surface area contributed by atoms with E-state index in [2.05, 4.69) is 10.3 Å². The molecule has 1 amide bonds. The molecule has 8 heteroatoms. The molecular weight excluding hydrogens is 334 g/mol. The number of aromatic nitrogens is 1. The van der Waals surface area contributed by atoms with E-state index in [0.717, 1.165) is 15.2 Å². The summed E-state index contributed by atoms with van der Waals surface area (Å²) in [5.41, 5.74) is 1.57. The number of piperidine rings is 1. The number of nitrogens with one attached hydrogen (secondary N) is 1. The number of amides is 1. The molecule has 124 valence electrons. The first-order valence-electron chi connectivity index (χ1n) is 7.46. The summed E-state index contributed by atoms with van der Waals surface area (Å²) in [5, 5.41) is 3.87. The van der Waals surface area contributed by atoms with Crippen molar-refractivity contribution in [2.24, 2.45) is 5.92 Å². The topological polar surface area (TPSA) is 79.4 Å². The van der Waals surface area contributed by atoms with Gasteiger partial charge in [0.05, 0.1) is 27.4 Å². The van der Waals surface area contributed by atoms with E-state index in [-0.39, 0.29) is 18.4 Å². The zero-order valence-corrected chi connectivity index (χ0v) is 14.7. The molecule has 1 fully saturated rings. The van der Waals surface area contributed by atoms with Crippen molar-refractivity contribution < 1.29 is 13.2 Å². The van der Waals surface area contributed by atoms with E-state index < -0.39 is 10.0 Å². The quantitative estimate of drug-likeness (QED) is 0.917. The fourth-order valence-corrected chi connectivity index (χ4v) is 4.54. The van der Waals surface area contributed by atoms with Crippen LogP contribution in [0, 0.1) is 12.8 Å². The van der Waals surface area contributed by atoms with Crippen LogP contribution in [0.5, 0.6) is 0 Å². The second-order valence-electron chi connectivity index (χ2n) is 5.86. The Morgan fingerprint density at radius 2 is 2.22 bits per heavy atom. The molecule has 0 radical (unpaired) electrons. The first-order chi connectivity index (χ1) is 10.8. The van der Waals surface area contributed by atoms with Crippen LogP contribution >= 0.6 is 11.3 Å². The van der Waals surface area contributed by atoms with Crippen LogP contribution in [0.15, 0.2) is 18.2 Å². The van der Waals surface area contributed by atoms with Crippen molar-refractivity contribution in [1.82, 2.24) is 9.29 Å². The molecule has 0 aliphatic carbocycles. The lowest BCUT2D eigenvalue weighted by atomic mass is 9.98. The molecule has 2 heterocycles. The van der Waals surface area contributed by atoms with Crippen molar-refractivity contribution in [1.29, 1.82) is 0 Å². The van der Waals surface area contributed by atoms with Crippen LogP contribution in [0.3, 0.4) is 0 Å². The molecule has 2 aromatic rings. The average Bonchev–Trinajstić information content (AvgIpc) is 2.86. The van der Waals surface area contributed by atoms with Crippen LogP contribution in [0.2, 0.25) is 0 Å². The number of fused-ring (bicyclic) bond motifs is 1. The minimum atomic E-state index is -3.25. The third-order valence-electron chi connectivity index (χ3n) is 3.99. The first kappa shape index (κ1) is 16.4. The van der Waals surface area contributed by atoms with E-state index in [1.165, 1.54) is 10.6 Å². The second kappa shape index (κ2) is 6.18. The number of carbonyl (C=O) groups is 1. The zero-order chi connectivity index (χ0) is 16.6. The Kier molecular flexibility index (Phi) is 4.39. The average molecular weight is 353 g/mol. The van der Waals surface area contributed by atoms with E-state index in [9.17, 15) is 13.2 Å². The SMILES string of the molecule is Cc1nc2cc(NC(=O)[C@H]3CCCN(S(C)(=O)=O)C3)ccc2s1. The van der Waals surface area contributed by atoms with Gasteiger partial charge in [0.15, 0.2) is 0 Å². The van der Waals surface area contributed by atoms with Gasteiger partial charge >= 0.3 is 0 Å². The van der Waals surface area contributed by atoms with Gasteiger partial charge < -0.3 is 5.32 Å². The maximum Gasteiger partial charge on any atom is 0.228 e. The summed E-state index contributed by atoms with van der Waals surface area (Å²) in [7, 11) is -3.25. The Bertz CT molecular complexity index is 845.